The van der Waals surface area contributed by atoms with E-state index in [1.54, 1.807) is 0 Å². The highest BCUT2D eigenvalue weighted by atomic mass is 15.2. The summed E-state index contributed by atoms with van der Waals surface area (Å²) in [7, 11) is 2.29. The Morgan fingerprint density at radius 1 is 0.556 bits per heavy atom. The molecule has 0 saturated carbocycles. The lowest BCUT2D eigenvalue weighted by Gasteiger charge is -2.50. The highest BCUT2D eigenvalue weighted by Crippen LogP contribution is 2.38. The number of hydrogen-bond acceptors (Lipinski definition) is 1. The molecule has 1 nitrogen and oxygen atoms in total. The fraction of sp³-hybridized carbons (Fsp3) is 1.00. The zero-order valence-electron chi connectivity index (χ0n) is 14.9. The summed E-state index contributed by atoms with van der Waals surface area (Å²) in [4.78, 5) is 2.58. The molecular weight excluding hydrogens is 218 g/mol. The van der Waals surface area contributed by atoms with Crippen LogP contribution in [0.4, 0.5) is 0 Å². The van der Waals surface area contributed by atoms with E-state index < -0.39 is 0 Å². The Kier molecular flexibility index (Phi) is 5.14. The van der Waals surface area contributed by atoms with Gasteiger partial charge in [-0.3, -0.25) is 4.90 Å². The largest absolute Gasteiger partial charge is 0.296 e. The molecule has 0 bridgehead atoms. The lowest BCUT2D eigenvalue weighted by atomic mass is 9.76. The average molecular weight is 255 g/mol. The van der Waals surface area contributed by atoms with Gasteiger partial charge in [-0.25, -0.2) is 0 Å². The van der Waals surface area contributed by atoms with Crippen LogP contribution in [0.15, 0.2) is 0 Å². The molecule has 1 heteroatoms. The van der Waals surface area contributed by atoms with Gasteiger partial charge in [0.25, 0.3) is 0 Å². The smallest absolute Gasteiger partial charge is 0.0160 e. The van der Waals surface area contributed by atoms with Gasteiger partial charge in [-0.2, -0.15) is 0 Å². The third-order valence-electron chi connectivity index (χ3n) is 3.74. The standard InChI is InChI=1S/C17H37N/c1-14(2,3)12-16(7,8)18(11)17(9,10)13-15(4,5)6/h12-13H2,1-11H3. The van der Waals surface area contributed by atoms with Crippen LogP contribution in [0.2, 0.25) is 0 Å². The summed E-state index contributed by atoms with van der Waals surface area (Å²) in [5.74, 6) is 0. The second-order valence-electron chi connectivity index (χ2n) is 9.66. The Morgan fingerprint density at radius 3 is 0.944 bits per heavy atom. The van der Waals surface area contributed by atoms with Crippen molar-refractivity contribution in [2.45, 2.75) is 93.2 Å². The van der Waals surface area contributed by atoms with Gasteiger partial charge in [0.15, 0.2) is 0 Å². The topological polar surface area (TPSA) is 3.24 Å². The van der Waals surface area contributed by atoms with Gasteiger partial charge in [-0.15, -0.1) is 0 Å². The van der Waals surface area contributed by atoms with Crippen molar-refractivity contribution in [1.29, 1.82) is 0 Å². The molecule has 0 N–H and O–H groups in total. The van der Waals surface area contributed by atoms with Crippen molar-refractivity contribution in [2.24, 2.45) is 10.8 Å². The van der Waals surface area contributed by atoms with Crippen LogP contribution in [-0.2, 0) is 0 Å². The van der Waals surface area contributed by atoms with Gasteiger partial charge >= 0.3 is 0 Å². The van der Waals surface area contributed by atoms with E-state index in [0.717, 1.165) is 0 Å². The minimum Gasteiger partial charge on any atom is -0.296 e. The molecule has 0 aliphatic heterocycles. The third-order valence-corrected chi connectivity index (χ3v) is 3.74. The summed E-state index contributed by atoms with van der Waals surface area (Å²) >= 11 is 0. The van der Waals surface area contributed by atoms with Crippen molar-refractivity contribution in [3.8, 4) is 0 Å². The van der Waals surface area contributed by atoms with E-state index in [1.165, 1.54) is 12.8 Å². The van der Waals surface area contributed by atoms with Gasteiger partial charge in [0.05, 0.1) is 0 Å². The summed E-state index contributed by atoms with van der Waals surface area (Å²) in [5, 5.41) is 0. The van der Waals surface area contributed by atoms with Crippen molar-refractivity contribution in [3.63, 3.8) is 0 Å². The molecule has 0 rings (SSSR count). The van der Waals surface area contributed by atoms with Gasteiger partial charge in [0, 0.05) is 11.1 Å². The Labute approximate surface area is 116 Å². The minimum absolute atomic E-state index is 0.229. The molecule has 0 aliphatic rings. The number of hydrogen-bond donors (Lipinski definition) is 0. The first-order valence-electron chi connectivity index (χ1n) is 7.31. The van der Waals surface area contributed by atoms with E-state index in [9.17, 15) is 0 Å². The molecular formula is C17H37N. The fourth-order valence-corrected chi connectivity index (χ4v) is 3.65. The molecule has 0 unspecified atom stereocenters. The van der Waals surface area contributed by atoms with Crippen LogP contribution >= 0.6 is 0 Å². The summed E-state index contributed by atoms with van der Waals surface area (Å²) in [6.07, 6.45) is 2.42. The average Bonchev–Trinajstić information content (AvgIpc) is 1.92. The number of nitrogens with zero attached hydrogens (tertiary/aromatic N) is 1. The molecule has 0 fully saturated rings. The summed E-state index contributed by atoms with van der Waals surface area (Å²) in [6, 6.07) is 0. The molecule has 0 aromatic carbocycles. The van der Waals surface area contributed by atoms with Gasteiger partial charge in [-0.1, -0.05) is 41.5 Å². The predicted octanol–water partition coefficient (Wildman–Crippen LogP) is 5.35. The van der Waals surface area contributed by atoms with Gasteiger partial charge in [-0.05, 0) is 58.4 Å². The zero-order chi connectivity index (χ0) is 15.0. The molecule has 0 saturated heterocycles. The maximum absolute atomic E-state index is 2.58. The van der Waals surface area contributed by atoms with E-state index in [2.05, 4.69) is 81.2 Å². The van der Waals surface area contributed by atoms with Crippen LogP contribution in [0, 0.1) is 10.8 Å². The van der Waals surface area contributed by atoms with Gasteiger partial charge < -0.3 is 0 Å². The third kappa shape index (κ3) is 6.22. The van der Waals surface area contributed by atoms with Crippen molar-refractivity contribution < 1.29 is 0 Å². The normalized spacial score (nSPS) is 15.3. The second kappa shape index (κ2) is 5.15. The Bertz CT molecular complexity index is 232. The van der Waals surface area contributed by atoms with Crippen LogP contribution in [-0.4, -0.2) is 23.0 Å². The van der Waals surface area contributed by atoms with Crippen LogP contribution in [0.5, 0.6) is 0 Å². The van der Waals surface area contributed by atoms with Gasteiger partial charge in [0.1, 0.15) is 0 Å². The van der Waals surface area contributed by atoms with E-state index in [0.29, 0.717) is 10.8 Å². The lowest BCUT2D eigenvalue weighted by Crippen LogP contribution is -2.55. The van der Waals surface area contributed by atoms with E-state index in [1.807, 2.05) is 0 Å². The maximum Gasteiger partial charge on any atom is 0.0160 e. The molecule has 0 aromatic heterocycles. The Morgan fingerprint density at radius 2 is 0.778 bits per heavy atom. The molecule has 110 valence electrons. The molecule has 18 heavy (non-hydrogen) atoms. The molecule has 0 radical (unpaired) electrons. The molecule has 0 heterocycles. The molecule has 0 spiro atoms. The summed E-state index contributed by atoms with van der Waals surface area (Å²) in [5.41, 5.74) is 1.20. The van der Waals surface area contributed by atoms with E-state index in [4.69, 9.17) is 0 Å². The first-order chi connectivity index (χ1) is 7.57. The molecule has 0 amide bonds. The highest BCUT2D eigenvalue weighted by molar-refractivity contribution is 4.94. The molecule has 0 atom stereocenters. The second-order valence-corrected chi connectivity index (χ2v) is 9.66. The first kappa shape index (κ1) is 18.0. The van der Waals surface area contributed by atoms with Crippen LogP contribution in [0.25, 0.3) is 0 Å². The lowest BCUT2D eigenvalue weighted by molar-refractivity contribution is -0.00267. The quantitative estimate of drug-likeness (QED) is 0.654. The van der Waals surface area contributed by atoms with Crippen molar-refractivity contribution in [1.82, 2.24) is 4.90 Å². The molecule has 0 aromatic rings. The zero-order valence-corrected chi connectivity index (χ0v) is 14.9. The monoisotopic (exact) mass is 255 g/mol. The van der Waals surface area contributed by atoms with Crippen molar-refractivity contribution in [2.75, 3.05) is 7.05 Å². The predicted molar refractivity (Wildman–Crippen MR) is 84.1 cm³/mol. The van der Waals surface area contributed by atoms with Crippen molar-refractivity contribution >= 4 is 0 Å². The van der Waals surface area contributed by atoms with Crippen LogP contribution < -0.4 is 0 Å². The van der Waals surface area contributed by atoms with E-state index >= 15 is 0 Å². The Balaban J connectivity index is 4.96. The van der Waals surface area contributed by atoms with E-state index in [-0.39, 0.29) is 11.1 Å². The van der Waals surface area contributed by atoms with Crippen LogP contribution in [0.3, 0.4) is 0 Å². The summed E-state index contributed by atoms with van der Waals surface area (Å²) in [6.45, 7) is 23.5. The highest BCUT2D eigenvalue weighted by Gasteiger charge is 2.38. The van der Waals surface area contributed by atoms with Crippen LogP contribution in [0.1, 0.15) is 82.1 Å². The SMILES string of the molecule is CN(C(C)(C)CC(C)(C)C)C(C)(C)CC(C)(C)C. The molecule has 0 aliphatic carbocycles. The number of rotatable bonds is 4. The van der Waals surface area contributed by atoms with Gasteiger partial charge in [0.2, 0.25) is 0 Å². The minimum atomic E-state index is 0.229. The fourth-order valence-electron chi connectivity index (χ4n) is 3.65. The maximum atomic E-state index is 2.58. The Hall–Kier alpha value is -0.0400. The first-order valence-corrected chi connectivity index (χ1v) is 7.31. The van der Waals surface area contributed by atoms with Crippen molar-refractivity contribution in [3.05, 3.63) is 0 Å². The summed E-state index contributed by atoms with van der Waals surface area (Å²) < 4.78 is 0.